The molecule has 2 amide bonds. The number of aromatic amines is 1. The largest absolute Gasteiger partial charge is 0.368 e. The number of anilines is 3. The Morgan fingerprint density at radius 3 is 2.59 bits per heavy atom. The highest BCUT2D eigenvalue weighted by molar-refractivity contribution is 5.98. The van der Waals surface area contributed by atoms with Gasteiger partial charge in [-0.25, -0.2) is 0 Å². The molecule has 2 aromatic heterocycles. The summed E-state index contributed by atoms with van der Waals surface area (Å²) >= 11 is 0. The second kappa shape index (κ2) is 8.21. The van der Waals surface area contributed by atoms with E-state index in [1.165, 1.54) is 17.2 Å². The molecule has 0 saturated heterocycles. The number of nitrogens with two attached hydrogens (primary N) is 2. The Kier molecular flexibility index (Phi) is 5.53. The van der Waals surface area contributed by atoms with Crippen molar-refractivity contribution in [2.45, 2.75) is 19.4 Å². The van der Waals surface area contributed by atoms with Crippen molar-refractivity contribution in [2.24, 2.45) is 11.5 Å². The number of primary amides is 2. The first-order valence-electron chi connectivity index (χ1n) is 8.62. The van der Waals surface area contributed by atoms with E-state index >= 15 is 0 Å². The van der Waals surface area contributed by atoms with Crippen LogP contribution in [0.25, 0.3) is 5.69 Å². The van der Waals surface area contributed by atoms with Gasteiger partial charge in [0.15, 0.2) is 5.82 Å². The number of rotatable bonds is 8. The maximum absolute atomic E-state index is 12.4. The molecule has 150 valence electrons. The third-order valence-corrected chi connectivity index (χ3v) is 3.99. The van der Waals surface area contributed by atoms with Crippen molar-refractivity contribution in [2.75, 3.05) is 10.6 Å². The van der Waals surface area contributed by atoms with E-state index in [1.54, 1.807) is 31.2 Å². The molecule has 7 N–H and O–H groups in total. The first kappa shape index (κ1) is 19.5. The van der Waals surface area contributed by atoms with E-state index < -0.39 is 23.4 Å². The van der Waals surface area contributed by atoms with Crippen molar-refractivity contribution in [1.29, 1.82) is 0 Å². The molecule has 0 aliphatic carbocycles. The van der Waals surface area contributed by atoms with E-state index in [2.05, 4.69) is 30.8 Å². The fourth-order valence-corrected chi connectivity index (χ4v) is 2.59. The molecule has 12 nitrogen and oxygen atoms in total. The minimum atomic E-state index is -0.959. The Balaban J connectivity index is 1.99. The first-order chi connectivity index (χ1) is 13.9. The van der Waals surface area contributed by atoms with Gasteiger partial charge in [-0.05, 0) is 24.6 Å². The highest BCUT2D eigenvalue weighted by Crippen LogP contribution is 2.20. The molecular weight excluding hydrogens is 378 g/mol. The van der Waals surface area contributed by atoms with Crippen LogP contribution < -0.4 is 27.7 Å². The number of H-pyrrole nitrogens is 1. The quantitative estimate of drug-likeness (QED) is 0.347. The summed E-state index contributed by atoms with van der Waals surface area (Å²) in [6.07, 6.45) is 3.44. The summed E-state index contributed by atoms with van der Waals surface area (Å²) in [6.45, 7) is 1.74. The fraction of sp³-hybridized carbons (Fsp3) is 0.176. The molecule has 0 aliphatic rings. The van der Waals surface area contributed by atoms with Crippen molar-refractivity contribution in [3.05, 3.63) is 52.6 Å². The minimum Gasteiger partial charge on any atom is -0.368 e. The molecule has 0 radical (unpaired) electrons. The average Bonchev–Trinajstić information content (AvgIpc) is 3.20. The molecule has 3 aromatic rings. The molecule has 0 saturated carbocycles. The molecule has 1 aromatic carbocycles. The van der Waals surface area contributed by atoms with Gasteiger partial charge in [-0.15, -0.1) is 0 Å². The van der Waals surface area contributed by atoms with E-state index in [0.717, 1.165) is 0 Å². The smallest absolute Gasteiger partial charge is 0.267 e. The van der Waals surface area contributed by atoms with Crippen molar-refractivity contribution in [3.8, 4) is 5.69 Å². The third-order valence-electron chi connectivity index (χ3n) is 3.99. The van der Waals surface area contributed by atoms with E-state index in [9.17, 15) is 14.4 Å². The summed E-state index contributed by atoms with van der Waals surface area (Å²) in [5, 5.41) is 13.7. The van der Waals surface area contributed by atoms with Crippen molar-refractivity contribution >= 4 is 29.3 Å². The Hall–Kier alpha value is -4.22. The molecular formula is C17H19N9O3. The average molecular weight is 397 g/mol. The number of hydrogen-bond donors (Lipinski definition) is 5. The number of aromatic nitrogens is 5. The second-order valence-corrected chi connectivity index (χ2v) is 6.00. The topological polar surface area (TPSA) is 187 Å². The third kappa shape index (κ3) is 4.37. The molecule has 1 atom stereocenters. The Labute approximate surface area is 164 Å². The summed E-state index contributed by atoms with van der Waals surface area (Å²) in [5.74, 6) is -1.67. The molecule has 0 fully saturated rings. The van der Waals surface area contributed by atoms with Crippen LogP contribution in [0.1, 0.15) is 23.7 Å². The van der Waals surface area contributed by atoms with Crippen LogP contribution >= 0.6 is 0 Å². The molecule has 29 heavy (non-hydrogen) atoms. The van der Waals surface area contributed by atoms with Crippen LogP contribution in [-0.4, -0.2) is 42.8 Å². The molecule has 0 unspecified atom stereocenters. The molecule has 3 rings (SSSR count). The van der Waals surface area contributed by atoms with Crippen molar-refractivity contribution < 1.29 is 9.59 Å². The molecule has 12 heteroatoms. The van der Waals surface area contributed by atoms with Crippen molar-refractivity contribution in [3.63, 3.8) is 0 Å². The van der Waals surface area contributed by atoms with Crippen LogP contribution in [0.15, 0.2) is 41.5 Å². The van der Waals surface area contributed by atoms with Gasteiger partial charge in [0.1, 0.15) is 11.6 Å². The standard InChI is InChI=1S/C17H19N9O3/c1-2-11(13(18)27)23-17-24-15(12(14(19)28)16(29)25-17)22-9-4-3-5-10(8-9)26-20-6-7-21-26/h3-8,11H,2H2,1H3,(H2,18,27)(H2,19,28)(H3,22,23,24,25,29)/t11-/m1/s1. The van der Waals surface area contributed by atoms with Gasteiger partial charge in [-0.2, -0.15) is 20.0 Å². The second-order valence-electron chi connectivity index (χ2n) is 6.00. The Bertz CT molecular complexity index is 1090. The van der Waals surface area contributed by atoms with Crippen molar-refractivity contribution in [1.82, 2.24) is 25.0 Å². The minimum absolute atomic E-state index is 0.0296. The SMILES string of the molecule is CC[C@@H](Nc1nc(Nc2cccc(-n3nccn3)c2)c(C(N)=O)c(=O)[nH]1)C(N)=O. The van der Waals surface area contributed by atoms with E-state index in [1.807, 2.05) is 0 Å². The highest BCUT2D eigenvalue weighted by Gasteiger charge is 2.20. The predicted molar refractivity (Wildman–Crippen MR) is 105 cm³/mol. The number of carbonyl (C=O) groups excluding carboxylic acids is 2. The lowest BCUT2D eigenvalue weighted by Crippen LogP contribution is -2.36. The lowest BCUT2D eigenvalue weighted by atomic mass is 10.2. The van der Waals surface area contributed by atoms with Gasteiger partial charge in [0, 0.05) is 5.69 Å². The molecule has 0 bridgehead atoms. The van der Waals surface area contributed by atoms with Gasteiger partial charge in [-0.3, -0.25) is 19.4 Å². The predicted octanol–water partition coefficient (Wildman–Crippen LogP) is -0.131. The zero-order chi connectivity index (χ0) is 21.0. The summed E-state index contributed by atoms with van der Waals surface area (Å²) in [6, 6.07) is 6.15. The van der Waals surface area contributed by atoms with Crippen LogP contribution in [0.2, 0.25) is 0 Å². The number of amides is 2. The zero-order valence-electron chi connectivity index (χ0n) is 15.4. The van der Waals surface area contributed by atoms with Gasteiger partial charge in [-0.1, -0.05) is 13.0 Å². The van der Waals surface area contributed by atoms with Crippen LogP contribution in [0.3, 0.4) is 0 Å². The summed E-state index contributed by atoms with van der Waals surface area (Å²) in [7, 11) is 0. The fourth-order valence-electron chi connectivity index (χ4n) is 2.59. The normalized spacial score (nSPS) is 11.6. The van der Waals surface area contributed by atoms with Crippen LogP contribution in [-0.2, 0) is 4.79 Å². The number of carbonyl (C=O) groups is 2. The van der Waals surface area contributed by atoms with Gasteiger partial charge < -0.3 is 22.1 Å². The zero-order valence-corrected chi connectivity index (χ0v) is 15.4. The number of nitrogens with zero attached hydrogens (tertiary/aromatic N) is 4. The summed E-state index contributed by atoms with van der Waals surface area (Å²) in [5.41, 5.74) is 10.7. The van der Waals surface area contributed by atoms with Crippen LogP contribution in [0.5, 0.6) is 0 Å². The van der Waals surface area contributed by atoms with Gasteiger partial charge >= 0.3 is 0 Å². The van der Waals surface area contributed by atoms with Crippen LogP contribution in [0.4, 0.5) is 17.5 Å². The maximum Gasteiger partial charge on any atom is 0.267 e. The lowest BCUT2D eigenvalue weighted by Gasteiger charge is -2.16. The van der Waals surface area contributed by atoms with Gasteiger partial charge in [0.05, 0.1) is 18.1 Å². The van der Waals surface area contributed by atoms with Gasteiger partial charge in [0.2, 0.25) is 11.9 Å². The summed E-state index contributed by atoms with van der Waals surface area (Å²) in [4.78, 5) is 43.6. The summed E-state index contributed by atoms with van der Waals surface area (Å²) < 4.78 is 0. The first-order valence-corrected chi connectivity index (χ1v) is 8.62. The number of benzene rings is 1. The van der Waals surface area contributed by atoms with E-state index in [0.29, 0.717) is 17.8 Å². The molecule has 0 spiro atoms. The molecule has 0 aliphatic heterocycles. The molecule has 2 heterocycles. The maximum atomic E-state index is 12.4. The van der Waals surface area contributed by atoms with Gasteiger partial charge in [0.25, 0.3) is 11.5 Å². The van der Waals surface area contributed by atoms with E-state index in [4.69, 9.17) is 11.5 Å². The Morgan fingerprint density at radius 2 is 1.97 bits per heavy atom. The Morgan fingerprint density at radius 1 is 1.24 bits per heavy atom. The monoisotopic (exact) mass is 397 g/mol. The van der Waals surface area contributed by atoms with Crippen LogP contribution in [0, 0.1) is 0 Å². The number of hydrogen-bond acceptors (Lipinski definition) is 8. The van der Waals surface area contributed by atoms with E-state index in [-0.39, 0.29) is 17.3 Å². The number of nitrogens with one attached hydrogen (secondary N) is 3. The lowest BCUT2D eigenvalue weighted by molar-refractivity contribution is -0.118. The highest BCUT2D eigenvalue weighted by atomic mass is 16.2.